The Morgan fingerprint density at radius 2 is 1.70 bits per heavy atom. The maximum atomic E-state index is 16.3. The Hall–Kier alpha value is -3.95. The number of amides is 1. The number of thiazole rings is 1. The number of ether oxygens (including phenoxy) is 1. The minimum atomic E-state index is -4.32. The summed E-state index contributed by atoms with van der Waals surface area (Å²) in [4.78, 5) is 27.3. The number of sulfonamides is 1. The van der Waals surface area contributed by atoms with Crippen LogP contribution in [0.3, 0.4) is 0 Å². The smallest absolute Gasteiger partial charge is 0.414 e. The molecule has 1 N–H and O–H groups in total. The Bertz CT molecular complexity index is 2070. The zero-order valence-corrected chi connectivity index (χ0v) is 28.8. The predicted octanol–water partition coefficient (Wildman–Crippen LogP) is 6.21. The van der Waals surface area contributed by atoms with Crippen LogP contribution in [0.2, 0.25) is 0 Å². The highest BCUT2D eigenvalue weighted by molar-refractivity contribution is 7.92. The van der Waals surface area contributed by atoms with E-state index in [2.05, 4.69) is 14.7 Å². The molecule has 2 aromatic heterocycles. The molecule has 1 aliphatic rings. The minimum absolute atomic E-state index is 0.00383. The van der Waals surface area contributed by atoms with Crippen molar-refractivity contribution in [2.45, 2.75) is 69.0 Å². The SMILES string of the molecule is CC(C)(C)OC(=O)N1CCc2c1cccc2S(=O)(=O)Nc1cccc(-c2nc(C(C)(C)C)sc2-c2ccnc(S(C)(=O)=O)n2)c1F. The van der Waals surface area contributed by atoms with Crippen LogP contribution in [-0.2, 0) is 36.4 Å². The van der Waals surface area contributed by atoms with Gasteiger partial charge in [-0.1, -0.05) is 32.9 Å². The van der Waals surface area contributed by atoms with Crippen molar-refractivity contribution in [2.24, 2.45) is 0 Å². The van der Waals surface area contributed by atoms with Gasteiger partial charge < -0.3 is 4.74 Å². The van der Waals surface area contributed by atoms with Gasteiger partial charge in [-0.25, -0.2) is 41.0 Å². The molecule has 5 rings (SSSR count). The lowest BCUT2D eigenvalue weighted by Crippen LogP contribution is -2.35. The minimum Gasteiger partial charge on any atom is -0.443 e. The molecule has 46 heavy (non-hydrogen) atoms. The highest BCUT2D eigenvalue weighted by Crippen LogP contribution is 2.42. The molecule has 11 nitrogen and oxygen atoms in total. The van der Waals surface area contributed by atoms with Crippen LogP contribution in [-0.4, -0.2) is 56.3 Å². The standard InChI is InChI=1S/C31H34FN5O6S3/c1-30(2,3)27-35-25(26(44-27)21-14-16-33-28(34-21)45(7,39)40)19-10-8-11-20(24(19)32)36-46(41,42)23-13-9-12-22-18(23)15-17-37(22)29(38)43-31(4,5)6/h8-14,16,36H,15,17H2,1-7H3. The van der Waals surface area contributed by atoms with E-state index in [1.165, 1.54) is 58.8 Å². The summed E-state index contributed by atoms with van der Waals surface area (Å²) in [5.74, 6) is -0.876. The first-order chi connectivity index (χ1) is 21.3. The first kappa shape index (κ1) is 33.4. The Labute approximate surface area is 271 Å². The topological polar surface area (TPSA) is 149 Å². The zero-order chi connectivity index (χ0) is 33.8. The van der Waals surface area contributed by atoms with E-state index < -0.39 is 42.8 Å². The Morgan fingerprint density at radius 3 is 2.35 bits per heavy atom. The average Bonchev–Trinajstić information content (AvgIpc) is 3.58. The van der Waals surface area contributed by atoms with Crippen LogP contribution in [0.1, 0.15) is 52.1 Å². The number of nitrogens with one attached hydrogen (secondary N) is 1. The lowest BCUT2D eigenvalue weighted by atomic mass is 9.98. The van der Waals surface area contributed by atoms with Gasteiger partial charge in [-0.05, 0) is 63.1 Å². The Kier molecular flexibility index (Phi) is 8.49. The van der Waals surface area contributed by atoms with Crippen LogP contribution in [0.4, 0.5) is 20.6 Å². The van der Waals surface area contributed by atoms with Crippen molar-refractivity contribution in [1.82, 2.24) is 15.0 Å². The van der Waals surface area contributed by atoms with E-state index >= 15 is 4.39 Å². The largest absolute Gasteiger partial charge is 0.443 e. The molecular formula is C31H34FN5O6S3. The molecule has 2 aromatic carbocycles. The number of hydrogen-bond donors (Lipinski definition) is 1. The average molecular weight is 688 g/mol. The molecule has 3 heterocycles. The third-order valence-electron chi connectivity index (χ3n) is 6.85. The van der Waals surface area contributed by atoms with Gasteiger partial charge in [-0.2, -0.15) is 0 Å². The molecule has 0 atom stereocenters. The molecule has 0 fully saturated rings. The number of sulfone groups is 1. The fourth-order valence-corrected chi connectivity index (χ4v) is 7.77. The molecule has 1 amide bonds. The maximum absolute atomic E-state index is 16.3. The number of halogens is 1. The second kappa shape index (κ2) is 11.7. The monoisotopic (exact) mass is 687 g/mol. The van der Waals surface area contributed by atoms with Crippen LogP contribution in [0, 0.1) is 5.82 Å². The fraction of sp³-hybridized carbons (Fsp3) is 0.355. The van der Waals surface area contributed by atoms with Gasteiger partial charge >= 0.3 is 6.09 Å². The zero-order valence-electron chi connectivity index (χ0n) is 26.4. The summed E-state index contributed by atoms with van der Waals surface area (Å²) in [5, 5.41) is 0.251. The molecule has 4 aromatic rings. The van der Waals surface area contributed by atoms with Gasteiger partial charge in [-0.15, -0.1) is 11.3 Å². The first-order valence-corrected chi connectivity index (χ1v) is 18.4. The van der Waals surface area contributed by atoms with E-state index in [9.17, 15) is 21.6 Å². The quantitative estimate of drug-likeness (QED) is 0.234. The summed E-state index contributed by atoms with van der Waals surface area (Å²) < 4.78 is 76.0. The van der Waals surface area contributed by atoms with Gasteiger partial charge in [0, 0.05) is 30.0 Å². The third-order valence-corrected chi connectivity index (χ3v) is 10.7. The van der Waals surface area contributed by atoms with E-state index in [0.717, 1.165) is 6.26 Å². The lowest BCUT2D eigenvalue weighted by molar-refractivity contribution is 0.0584. The van der Waals surface area contributed by atoms with Gasteiger partial charge in [0.2, 0.25) is 15.0 Å². The number of hydrogen-bond acceptors (Lipinski definition) is 10. The summed E-state index contributed by atoms with van der Waals surface area (Å²) in [6, 6.07) is 10.3. The highest BCUT2D eigenvalue weighted by Gasteiger charge is 2.34. The number of aromatic nitrogens is 3. The molecule has 244 valence electrons. The van der Waals surface area contributed by atoms with E-state index in [4.69, 9.17) is 9.72 Å². The number of benzene rings is 2. The van der Waals surface area contributed by atoms with Gasteiger partial charge in [0.05, 0.1) is 37.5 Å². The van der Waals surface area contributed by atoms with Gasteiger partial charge in [0.1, 0.15) is 5.60 Å². The van der Waals surface area contributed by atoms with Crippen LogP contribution >= 0.6 is 11.3 Å². The molecule has 0 unspecified atom stereocenters. The van der Waals surface area contributed by atoms with Crippen molar-refractivity contribution in [1.29, 1.82) is 0 Å². The van der Waals surface area contributed by atoms with E-state index in [1.54, 1.807) is 26.8 Å². The van der Waals surface area contributed by atoms with Crippen LogP contribution in [0.25, 0.3) is 21.8 Å². The predicted molar refractivity (Wildman–Crippen MR) is 175 cm³/mol. The lowest BCUT2D eigenvalue weighted by Gasteiger charge is -2.25. The van der Waals surface area contributed by atoms with Crippen LogP contribution in [0.5, 0.6) is 0 Å². The third kappa shape index (κ3) is 6.76. The molecular weight excluding hydrogens is 654 g/mol. The summed E-state index contributed by atoms with van der Waals surface area (Å²) >= 11 is 1.23. The number of fused-ring (bicyclic) bond motifs is 1. The molecule has 0 radical (unpaired) electrons. The van der Waals surface area contributed by atoms with Gasteiger partial charge in [-0.3, -0.25) is 9.62 Å². The molecule has 1 aliphatic heterocycles. The molecule has 0 saturated carbocycles. The van der Waals surface area contributed by atoms with Crippen molar-refractivity contribution < 1.29 is 30.8 Å². The number of rotatable bonds is 6. The summed E-state index contributed by atoms with van der Waals surface area (Å²) in [7, 11) is -8.05. The second-order valence-electron chi connectivity index (χ2n) is 12.9. The van der Waals surface area contributed by atoms with Crippen molar-refractivity contribution >= 4 is 48.7 Å². The number of carbonyl (C=O) groups is 1. The first-order valence-electron chi connectivity index (χ1n) is 14.3. The van der Waals surface area contributed by atoms with Crippen LogP contribution in [0.15, 0.2) is 58.7 Å². The molecule has 0 spiro atoms. The van der Waals surface area contributed by atoms with Gasteiger partial charge in [0.15, 0.2) is 5.82 Å². The Morgan fingerprint density at radius 1 is 1.00 bits per heavy atom. The van der Waals surface area contributed by atoms with Crippen molar-refractivity contribution in [2.75, 3.05) is 22.4 Å². The van der Waals surface area contributed by atoms with E-state index in [1.807, 2.05) is 20.8 Å². The fourth-order valence-electron chi connectivity index (χ4n) is 4.80. The number of carbonyl (C=O) groups excluding carboxylic acids is 1. The highest BCUT2D eigenvalue weighted by atomic mass is 32.2. The van der Waals surface area contributed by atoms with E-state index in [0.29, 0.717) is 21.1 Å². The van der Waals surface area contributed by atoms with Crippen molar-refractivity contribution in [3.63, 3.8) is 0 Å². The van der Waals surface area contributed by atoms with E-state index in [-0.39, 0.29) is 45.7 Å². The van der Waals surface area contributed by atoms with Crippen molar-refractivity contribution in [3.05, 3.63) is 65.0 Å². The Balaban J connectivity index is 1.55. The maximum Gasteiger partial charge on any atom is 0.414 e. The molecule has 0 bridgehead atoms. The second-order valence-corrected chi connectivity index (χ2v) is 17.4. The van der Waals surface area contributed by atoms with Crippen LogP contribution < -0.4 is 9.62 Å². The number of anilines is 2. The molecule has 0 aliphatic carbocycles. The molecule has 15 heteroatoms. The van der Waals surface area contributed by atoms with Crippen molar-refractivity contribution in [3.8, 4) is 21.8 Å². The summed E-state index contributed by atoms with van der Waals surface area (Å²) in [5.41, 5.74) is -0.254. The normalized spacial score (nSPS) is 13.9. The molecule has 0 saturated heterocycles. The van der Waals surface area contributed by atoms with Gasteiger partial charge in [0.25, 0.3) is 10.0 Å². The number of nitrogens with zero attached hydrogens (tertiary/aromatic N) is 4. The summed E-state index contributed by atoms with van der Waals surface area (Å²) in [6.45, 7) is 11.3. The summed E-state index contributed by atoms with van der Waals surface area (Å²) in [6.07, 6.45) is 1.98.